The molecule has 0 amide bonds. The van der Waals surface area contributed by atoms with Gasteiger partial charge in [-0.05, 0) is 69.9 Å². The number of ether oxygens (including phenoxy) is 2. The fourth-order valence-corrected chi connectivity index (χ4v) is 4.73. The minimum atomic E-state index is -0.324. The normalized spacial score (nSPS) is 11.9. The maximum absolute atomic E-state index is 12.3. The van der Waals surface area contributed by atoms with E-state index in [1.165, 1.54) is 0 Å². The third-order valence-corrected chi connectivity index (χ3v) is 7.25. The standard InChI is InChI=1S/C35H52O6/c1-9-11-17-40-30(36)15-13-24-19-26(32(38)28(21-24)34(3,4)5)23-27-20-25(14-16-31(37)41-18-12-10-2)22-29(33(27)39)35(6,7)8/h19-22,38-39H,9-18,23H2,1-8H3. The molecule has 0 spiro atoms. The van der Waals surface area contributed by atoms with Crippen molar-refractivity contribution in [3.63, 3.8) is 0 Å². The molecule has 0 radical (unpaired) electrons. The van der Waals surface area contributed by atoms with Crippen molar-refractivity contribution in [2.24, 2.45) is 0 Å². The molecular weight excluding hydrogens is 516 g/mol. The molecule has 0 aliphatic rings. The Kier molecular flexibility index (Phi) is 12.7. The van der Waals surface area contributed by atoms with Gasteiger partial charge >= 0.3 is 11.9 Å². The van der Waals surface area contributed by atoms with Crippen molar-refractivity contribution in [1.82, 2.24) is 0 Å². The number of carbonyl (C=O) groups is 2. The van der Waals surface area contributed by atoms with Gasteiger partial charge in [0, 0.05) is 19.3 Å². The number of hydrogen-bond acceptors (Lipinski definition) is 6. The van der Waals surface area contributed by atoms with Crippen molar-refractivity contribution in [2.45, 2.75) is 124 Å². The minimum Gasteiger partial charge on any atom is -0.507 e. The van der Waals surface area contributed by atoms with Crippen molar-refractivity contribution in [2.75, 3.05) is 13.2 Å². The molecule has 2 rings (SSSR count). The van der Waals surface area contributed by atoms with Crippen LogP contribution in [0.2, 0.25) is 0 Å². The summed E-state index contributed by atoms with van der Waals surface area (Å²) in [5.74, 6) is -0.0423. The van der Waals surface area contributed by atoms with E-state index in [1.54, 1.807) is 0 Å². The van der Waals surface area contributed by atoms with Crippen LogP contribution in [-0.4, -0.2) is 35.4 Å². The summed E-state index contributed by atoms with van der Waals surface area (Å²) in [5, 5.41) is 22.7. The molecule has 2 aromatic rings. The van der Waals surface area contributed by atoms with Gasteiger partial charge in [0.15, 0.2) is 0 Å². The lowest BCUT2D eigenvalue weighted by atomic mass is 9.81. The van der Waals surface area contributed by atoms with Crippen molar-refractivity contribution in [1.29, 1.82) is 0 Å². The second kappa shape index (κ2) is 15.3. The number of benzene rings is 2. The van der Waals surface area contributed by atoms with Gasteiger partial charge in [0.1, 0.15) is 11.5 Å². The molecule has 6 heteroatoms. The summed E-state index contributed by atoms with van der Waals surface area (Å²) in [6, 6.07) is 7.80. The first-order valence-corrected chi connectivity index (χ1v) is 15.2. The maximum Gasteiger partial charge on any atom is 0.306 e. The Morgan fingerprint density at radius 1 is 0.659 bits per heavy atom. The predicted octanol–water partition coefficient (Wildman–Crippen LogP) is 7.84. The van der Waals surface area contributed by atoms with Crippen LogP contribution in [0.1, 0.15) is 127 Å². The van der Waals surface area contributed by atoms with Gasteiger partial charge in [0.25, 0.3) is 0 Å². The van der Waals surface area contributed by atoms with Gasteiger partial charge in [0.2, 0.25) is 0 Å². The zero-order valence-corrected chi connectivity index (χ0v) is 26.6. The first-order chi connectivity index (χ1) is 19.2. The highest BCUT2D eigenvalue weighted by atomic mass is 16.5. The number of aryl methyl sites for hydroxylation is 2. The molecule has 0 aliphatic carbocycles. The summed E-state index contributed by atoms with van der Waals surface area (Å²) < 4.78 is 10.7. The summed E-state index contributed by atoms with van der Waals surface area (Å²) in [5.41, 5.74) is 4.21. The number of hydrogen-bond donors (Lipinski definition) is 2. The Morgan fingerprint density at radius 3 is 1.34 bits per heavy atom. The maximum atomic E-state index is 12.3. The highest BCUT2D eigenvalue weighted by Crippen LogP contribution is 2.40. The first-order valence-electron chi connectivity index (χ1n) is 15.2. The number of phenols is 2. The zero-order chi connectivity index (χ0) is 30.8. The van der Waals surface area contributed by atoms with Crippen LogP contribution in [0.3, 0.4) is 0 Å². The van der Waals surface area contributed by atoms with Crippen LogP contribution in [0.5, 0.6) is 11.5 Å². The lowest BCUT2D eigenvalue weighted by molar-refractivity contribution is -0.144. The second-order valence-electron chi connectivity index (χ2n) is 13.1. The molecule has 228 valence electrons. The smallest absolute Gasteiger partial charge is 0.306 e. The summed E-state index contributed by atoms with van der Waals surface area (Å²) in [7, 11) is 0. The van der Waals surface area contributed by atoms with E-state index in [1.807, 2.05) is 65.8 Å². The Morgan fingerprint density at radius 2 is 1.02 bits per heavy atom. The molecule has 0 aromatic heterocycles. The molecule has 0 atom stereocenters. The van der Waals surface area contributed by atoms with E-state index in [9.17, 15) is 19.8 Å². The Balaban J connectivity index is 2.42. The molecule has 6 nitrogen and oxygen atoms in total. The fraction of sp³-hybridized carbons (Fsp3) is 0.600. The number of unbranched alkanes of at least 4 members (excludes halogenated alkanes) is 2. The van der Waals surface area contributed by atoms with Crippen LogP contribution < -0.4 is 0 Å². The van der Waals surface area contributed by atoms with E-state index in [-0.39, 0.29) is 47.1 Å². The summed E-state index contributed by atoms with van der Waals surface area (Å²) >= 11 is 0. The van der Waals surface area contributed by atoms with Crippen LogP contribution in [0.4, 0.5) is 0 Å². The first kappa shape index (κ1) is 34.2. The number of phenolic OH excluding ortho intramolecular Hbond substituents is 2. The Hall–Kier alpha value is -3.02. The van der Waals surface area contributed by atoms with Gasteiger partial charge in [0.05, 0.1) is 13.2 Å². The average molecular weight is 569 g/mol. The SMILES string of the molecule is CCCCOC(=O)CCc1cc(Cc2cc(CCC(=O)OCCCC)cc(C(C)(C)C)c2O)c(O)c(C(C)(C)C)c1. The van der Waals surface area contributed by atoms with Crippen LogP contribution in [0.15, 0.2) is 24.3 Å². The molecule has 0 saturated carbocycles. The third-order valence-electron chi connectivity index (χ3n) is 7.25. The summed E-state index contributed by atoms with van der Waals surface area (Å²) in [6.45, 7) is 17.3. The Labute approximate surface area is 247 Å². The van der Waals surface area contributed by atoms with Gasteiger partial charge in [-0.1, -0.05) is 92.5 Å². The largest absolute Gasteiger partial charge is 0.507 e. The Bertz CT molecular complexity index is 1080. The van der Waals surface area contributed by atoms with Gasteiger partial charge in [-0.3, -0.25) is 9.59 Å². The third kappa shape index (κ3) is 10.7. The van der Waals surface area contributed by atoms with Crippen LogP contribution in [0, 0.1) is 0 Å². The van der Waals surface area contributed by atoms with E-state index in [2.05, 4.69) is 13.8 Å². The number of rotatable bonds is 14. The lowest BCUT2D eigenvalue weighted by Gasteiger charge is -2.25. The predicted molar refractivity (Wildman–Crippen MR) is 165 cm³/mol. The van der Waals surface area contributed by atoms with Gasteiger partial charge < -0.3 is 19.7 Å². The van der Waals surface area contributed by atoms with Crippen LogP contribution >= 0.6 is 0 Å². The molecule has 0 unspecified atom stereocenters. The highest BCUT2D eigenvalue weighted by molar-refractivity contribution is 5.70. The van der Waals surface area contributed by atoms with E-state index in [0.717, 1.165) is 47.9 Å². The second-order valence-corrected chi connectivity index (χ2v) is 13.1. The van der Waals surface area contributed by atoms with Crippen LogP contribution in [0.25, 0.3) is 0 Å². The number of esters is 2. The van der Waals surface area contributed by atoms with E-state index >= 15 is 0 Å². The average Bonchev–Trinajstić information content (AvgIpc) is 2.88. The van der Waals surface area contributed by atoms with Gasteiger partial charge in [-0.15, -0.1) is 0 Å². The topological polar surface area (TPSA) is 93.1 Å². The minimum absolute atomic E-state index is 0.202. The summed E-state index contributed by atoms with van der Waals surface area (Å²) in [4.78, 5) is 24.5. The van der Waals surface area contributed by atoms with Crippen LogP contribution in [-0.2, 0) is 49.2 Å². The molecular formula is C35H52O6. The fourth-order valence-electron chi connectivity index (χ4n) is 4.73. The van der Waals surface area contributed by atoms with E-state index in [0.29, 0.717) is 43.6 Å². The van der Waals surface area contributed by atoms with E-state index < -0.39 is 0 Å². The highest BCUT2D eigenvalue weighted by Gasteiger charge is 2.25. The quantitative estimate of drug-likeness (QED) is 0.178. The summed E-state index contributed by atoms with van der Waals surface area (Å²) in [6.07, 6.45) is 5.48. The van der Waals surface area contributed by atoms with Gasteiger partial charge in [-0.2, -0.15) is 0 Å². The molecule has 2 aromatic carbocycles. The molecule has 0 heterocycles. The molecule has 0 bridgehead atoms. The number of aromatic hydroxyl groups is 2. The zero-order valence-electron chi connectivity index (χ0n) is 26.6. The van der Waals surface area contributed by atoms with E-state index in [4.69, 9.17) is 9.47 Å². The molecule has 0 fully saturated rings. The molecule has 41 heavy (non-hydrogen) atoms. The monoisotopic (exact) mass is 568 g/mol. The van der Waals surface area contributed by atoms with Gasteiger partial charge in [-0.25, -0.2) is 0 Å². The lowest BCUT2D eigenvalue weighted by Crippen LogP contribution is -2.15. The molecule has 0 saturated heterocycles. The van der Waals surface area contributed by atoms with Crippen molar-refractivity contribution in [3.8, 4) is 11.5 Å². The van der Waals surface area contributed by atoms with Crippen molar-refractivity contribution < 1.29 is 29.3 Å². The molecule has 0 aliphatic heterocycles. The van der Waals surface area contributed by atoms with Crippen molar-refractivity contribution in [3.05, 3.63) is 57.6 Å². The molecule has 2 N–H and O–H groups in total. The van der Waals surface area contributed by atoms with Crippen molar-refractivity contribution >= 4 is 11.9 Å². The number of carbonyl (C=O) groups excluding carboxylic acids is 2.